The van der Waals surface area contributed by atoms with Gasteiger partial charge < -0.3 is 15.4 Å². The topological polar surface area (TPSA) is 87.7 Å². The Labute approximate surface area is 232 Å². The quantitative estimate of drug-likeness (QED) is 0.442. The van der Waals surface area contributed by atoms with Gasteiger partial charge in [-0.15, -0.1) is 11.6 Å². The second-order valence-corrected chi connectivity index (χ2v) is 15.8. The number of morpholine rings is 1. The van der Waals surface area contributed by atoms with Crippen LogP contribution in [0.1, 0.15) is 85.0 Å². The average Bonchev–Trinajstić information content (AvgIpc) is 2.83. The minimum atomic E-state index is -3.69. The second kappa shape index (κ2) is 12.5. The van der Waals surface area contributed by atoms with Crippen molar-refractivity contribution in [3.8, 4) is 0 Å². The predicted molar refractivity (Wildman–Crippen MR) is 145 cm³/mol. The molecule has 11 heteroatoms. The molecule has 0 spiro atoms. The number of hydrogen-bond donors (Lipinski definition) is 2. The van der Waals surface area contributed by atoms with Crippen molar-refractivity contribution < 1.29 is 26.7 Å². The fourth-order valence-electron chi connectivity index (χ4n) is 6.58. The minimum absolute atomic E-state index is 0.0865. The van der Waals surface area contributed by atoms with E-state index < -0.39 is 45.0 Å². The van der Waals surface area contributed by atoms with Crippen molar-refractivity contribution in [3.05, 3.63) is 0 Å². The molecule has 0 aromatic heterocycles. The van der Waals surface area contributed by atoms with Crippen LogP contribution in [0.3, 0.4) is 0 Å². The number of halogens is 3. The van der Waals surface area contributed by atoms with Crippen molar-refractivity contribution in [1.82, 2.24) is 14.9 Å². The summed E-state index contributed by atoms with van der Waals surface area (Å²) in [5.74, 6) is -1.25. The molecule has 2 N–H and O–H groups in total. The van der Waals surface area contributed by atoms with Gasteiger partial charge in [0.15, 0.2) is 0 Å². The zero-order valence-electron chi connectivity index (χ0n) is 23.0. The van der Waals surface area contributed by atoms with Crippen LogP contribution >= 0.6 is 11.6 Å². The van der Waals surface area contributed by atoms with Crippen LogP contribution in [0.2, 0.25) is 0 Å². The summed E-state index contributed by atoms with van der Waals surface area (Å²) in [6.45, 7) is 7.96. The Morgan fingerprint density at radius 3 is 2.42 bits per heavy atom. The molecule has 7 nitrogen and oxygen atoms in total. The summed E-state index contributed by atoms with van der Waals surface area (Å²) in [4.78, 5) is 13.0. The van der Waals surface area contributed by atoms with E-state index in [1.807, 2.05) is 0 Å². The van der Waals surface area contributed by atoms with E-state index in [0.717, 1.165) is 6.54 Å². The third kappa shape index (κ3) is 7.39. The van der Waals surface area contributed by atoms with Crippen LogP contribution in [-0.2, 0) is 19.6 Å². The molecule has 220 valence electrons. The van der Waals surface area contributed by atoms with E-state index in [0.29, 0.717) is 57.9 Å². The Morgan fingerprint density at radius 2 is 1.76 bits per heavy atom. The van der Waals surface area contributed by atoms with Crippen LogP contribution < -0.4 is 10.6 Å². The molecule has 4 rings (SSSR count). The van der Waals surface area contributed by atoms with Crippen molar-refractivity contribution in [1.29, 1.82) is 0 Å². The molecular weight excluding hydrogens is 536 g/mol. The molecule has 3 saturated carbocycles. The highest BCUT2D eigenvalue weighted by molar-refractivity contribution is 7.89. The zero-order valence-corrected chi connectivity index (χ0v) is 24.6. The van der Waals surface area contributed by atoms with Crippen molar-refractivity contribution in [2.24, 2.45) is 11.3 Å². The van der Waals surface area contributed by atoms with Crippen molar-refractivity contribution in [2.45, 2.75) is 132 Å². The third-order valence-corrected chi connectivity index (χ3v) is 11.5. The van der Waals surface area contributed by atoms with Gasteiger partial charge in [0.2, 0.25) is 15.9 Å². The molecule has 1 aliphatic heterocycles. The first-order valence-corrected chi connectivity index (χ1v) is 16.4. The van der Waals surface area contributed by atoms with Gasteiger partial charge in [-0.3, -0.25) is 4.79 Å². The predicted octanol–water partition coefficient (Wildman–Crippen LogP) is 4.08. The SMILES string of the molecule is CC(C)(C)CNCC1CN(S(=O)(=O)C2CCC(F)CC2)C2CC(NC(=O)C3C(F)CCCC3Cl)CCC2O1. The highest BCUT2D eigenvalue weighted by Gasteiger charge is 2.49. The summed E-state index contributed by atoms with van der Waals surface area (Å²) in [5, 5.41) is 5.30. The number of alkyl halides is 3. The van der Waals surface area contributed by atoms with E-state index >= 15 is 0 Å². The normalized spacial score (nSPS) is 39.4. The number of nitrogens with one attached hydrogen (secondary N) is 2. The molecule has 3 aliphatic carbocycles. The highest BCUT2D eigenvalue weighted by Crippen LogP contribution is 2.37. The lowest BCUT2D eigenvalue weighted by Gasteiger charge is -2.49. The third-order valence-electron chi connectivity index (χ3n) is 8.64. The van der Waals surface area contributed by atoms with Gasteiger partial charge in [0.25, 0.3) is 0 Å². The van der Waals surface area contributed by atoms with Crippen molar-refractivity contribution in [3.63, 3.8) is 0 Å². The summed E-state index contributed by atoms with van der Waals surface area (Å²) in [6.07, 6.45) is 1.67. The number of ether oxygens (including phenoxy) is 1. The van der Waals surface area contributed by atoms with Crippen LogP contribution in [-0.4, -0.2) is 85.5 Å². The van der Waals surface area contributed by atoms with E-state index in [1.165, 1.54) is 0 Å². The largest absolute Gasteiger partial charge is 0.371 e. The van der Waals surface area contributed by atoms with Gasteiger partial charge in [0.05, 0.1) is 29.4 Å². The average molecular weight is 582 g/mol. The number of fused-ring (bicyclic) bond motifs is 1. The lowest BCUT2D eigenvalue weighted by atomic mass is 9.84. The summed E-state index contributed by atoms with van der Waals surface area (Å²) >= 11 is 6.32. The van der Waals surface area contributed by atoms with Gasteiger partial charge in [-0.05, 0) is 69.6 Å². The number of sulfonamides is 1. The van der Waals surface area contributed by atoms with Gasteiger partial charge >= 0.3 is 0 Å². The van der Waals surface area contributed by atoms with E-state index in [1.54, 1.807) is 4.31 Å². The van der Waals surface area contributed by atoms with Gasteiger partial charge in [-0.1, -0.05) is 20.8 Å². The Bertz CT molecular complexity index is 902. The summed E-state index contributed by atoms with van der Waals surface area (Å²) in [7, 11) is -3.69. The molecule has 7 atom stereocenters. The lowest BCUT2D eigenvalue weighted by molar-refractivity contribution is -0.132. The highest BCUT2D eigenvalue weighted by atomic mass is 35.5. The van der Waals surface area contributed by atoms with Crippen LogP contribution in [0.15, 0.2) is 0 Å². The van der Waals surface area contributed by atoms with Gasteiger partial charge in [-0.2, -0.15) is 4.31 Å². The number of nitrogens with zero attached hydrogens (tertiary/aromatic N) is 1. The molecule has 0 aromatic carbocycles. The monoisotopic (exact) mass is 581 g/mol. The summed E-state index contributed by atoms with van der Waals surface area (Å²) in [6, 6.07) is -0.694. The maximum Gasteiger partial charge on any atom is 0.227 e. The van der Waals surface area contributed by atoms with Crippen molar-refractivity contribution in [2.75, 3.05) is 19.6 Å². The number of carbonyl (C=O) groups excluding carboxylic acids is 1. The first-order chi connectivity index (χ1) is 17.8. The summed E-state index contributed by atoms with van der Waals surface area (Å²) in [5.41, 5.74) is 0.0865. The molecule has 0 aromatic rings. The molecule has 1 amide bonds. The zero-order chi connectivity index (χ0) is 27.7. The number of hydrogen-bond acceptors (Lipinski definition) is 5. The maximum atomic E-state index is 14.6. The molecule has 1 heterocycles. The molecular formula is C27H46ClF2N3O4S. The van der Waals surface area contributed by atoms with E-state index in [4.69, 9.17) is 16.3 Å². The van der Waals surface area contributed by atoms with Gasteiger partial charge in [-0.25, -0.2) is 17.2 Å². The lowest BCUT2D eigenvalue weighted by Crippen LogP contribution is -2.63. The fourth-order valence-corrected chi connectivity index (χ4v) is 9.23. The van der Waals surface area contributed by atoms with E-state index in [2.05, 4.69) is 31.4 Å². The molecule has 7 unspecified atom stereocenters. The minimum Gasteiger partial charge on any atom is -0.371 e. The van der Waals surface area contributed by atoms with Crippen molar-refractivity contribution >= 4 is 27.5 Å². The molecule has 0 radical (unpaired) electrons. The molecule has 4 aliphatic rings. The second-order valence-electron chi connectivity index (χ2n) is 13.1. The molecule has 1 saturated heterocycles. The van der Waals surface area contributed by atoms with Gasteiger partial charge in [0, 0.05) is 31.1 Å². The van der Waals surface area contributed by atoms with Crippen LogP contribution in [0.5, 0.6) is 0 Å². The number of rotatable bonds is 7. The molecule has 4 fully saturated rings. The first kappa shape index (κ1) is 30.4. The number of carbonyl (C=O) groups is 1. The summed E-state index contributed by atoms with van der Waals surface area (Å²) < 4.78 is 64.2. The number of amides is 1. The van der Waals surface area contributed by atoms with E-state index in [-0.39, 0.29) is 49.0 Å². The standard InChI is InChI=1S/C27H46ClF2N3O4S/c1-27(2,3)16-31-14-19-15-33(38(35,36)20-10-7-17(29)8-11-20)23-13-18(9-12-24(23)37-19)32-26(34)25-21(28)5-4-6-22(25)30/h17-25,31H,4-16H2,1-3H3,(H,32,34). The smallest absolute Gasteiger partial charge is 0.227 e. The Balaban J connectivity index is 1.47. The van der Waals surface area contributed by atoms with E-state index in [9.17, 15) is 22.0 Å². The molecule has 38 heavy (non-hydrogen) atoms. The van der Waals surface area contributed by atoms with Crippen LogP contribution in [0.4, 0.5) is 8.78 Å². The molecule has 0 bridgehead atoms. The van der Waals surface area contributed by atoms with Crippen LogP contribution in [0, 0.1) is 11.3 Å². The maximum absolute atomic E-state index is 14.6. The Morgan fingerprint density at radius 1 is 1.05 bits per heavy atom. The fraction of sp³-hybridized carbons (Fsp3) is 0.963. The van der Waals surface area contributed by atoms with Crippen LogP contribution in [0.25, 0.3) is 0 Å². The van der Waals surface area contributed by atoms with Gasteiger partial charge in [0.1, 0.15) is 12.3 Å². The first-order valence-electron chi connectivity index (χ1n) is 14.4. The Hall–Kier alpha value is -0.550. The Kier molecular flexibility index (Phi) is 10.0.